The third-order valence-corrected chi connectivity index (χ3v) is 2.40. The number of carbonyl (C=O) groups is 2. The number of rotatable bonds is 3. The van der Waals surface area contributed by atoms with E-state index in [9.17, 15) is 9.59 Å². The molecule has 0 aliphatic heterocycles. The standard InChI is InChI=1S/C11H17NO4/c1-5-7-6-11(7,8(13)14)12-9(15)16-10(2,3)4/h5,7H,1,6H2,2-4H3,(H,12,15)(H,13,14)/t7?,11-/m0/s1. The molecule has 16 heavy (non-hydrogen) atoms. The molecule has 0 saturated heterocycles. The van der Waals surface area contributed by atoms with Crippen LogP contribution in [0, 0.1) is 5.92 Å². The summed E-state index contributed by atoms with van der Waals surface area (Å²) < 4.78 is 5.01. The third-order valence-electron chi connectivity index (χ3n) is 2.40. The molecule has 0 spiro atoms. The quantitative estimate of drug-likeness (QED) is 0.717. The van der Waals surface area contributed by atoms with Crippen molar-refractivity contribution in [2.45, 2.75) is 38.3 Å². The molecule has 0 aromatic heterocycles. The highest BCUT2D eigenvalue weighted by Crippen LogP contribution is 2.44. The topological polar surface area (TPSA) is 75.6 Å². The van der Waals surface area contributed by atoms with Crippen molar-refractivity contribution in [1.29, 1.82) is 0 Å². The Kier molecular flexibility index (Phi) is 2.99. The van der Waals surface area contributed by atoms with E-state index in [0.717, 1.165) is 0 Å². The van der Waals surface area contributed by atoms with Crippen LogP contribution in [0.1, 0.15) is 27.2 Å². The van der Waals surface area contributed by atoms with Gasteiger partial charge in [0.2, 0.25) is 0 Å². The molecule has 2 N–H and O–H groups in total. The molecule has 1 aliphatic carbocycles. The second-order valence-electron chi connectivity index (χ2n) is 4.95. The summed E-state index contributed by atoms with van der Waals surface area (Å²) in [7, 11) is 0. The number of hydrogen-bond donors (Lipinski definition) is 2. The van der Waals surface area contributed by atoms with Gasteiger partial charge < -0.3 is 15.2 Å². The van der Waals surface area contributed by atoms with Gasteiger partial charge in [0.25, 0.3) is 0 Å². The van der Waals surface area contributed by atoms with E-state index in [0.29, 0.717) is 6.42 Å². The molecule has 5 nitrogen and oxygen atoms in total. The molecule has 2 atom stereocenters. The molecule has 1 rings (SSSR count). The summed E-state index contributed by atoms with van der Waals surface area (Å²) in [5.41, 5.74) is -1.85. The molecule has 0 radical (unpaired) electrons. The fraction of sp³-hybridized carbons (Fsp3) is 0.636. The van der Waals surface area contributed by atoms with Crippen molar-refractivity contribution in [2.24, 2.45) is 5.92 Å². The minimum atomic E-state index is -1.22. The van der Waals surface area contributed by atoms with Crippen molar-refractivity contribution in [3.05, 3.63) is 12.7 Å². The first-order valence-corrected chi connectivity index (χ1v) is 5.08. The normalized spacial score (nSPS) is 28.1. The van der Waals surface area contributed by atoms with Crippen LogP contribution in [0.25, 0.3) is 0 Å². The molecule has 1 amide bonds. The van der Waals surface area contributed by atoms with E-state index >= 15 is 0 Å². The fourth-order valence-electron chi connectivity index (χ4n) is 1.50. The lowest BCUT2D eigenvalue weighted by molar-refractivity contribution is -0.141. The summed E-state index contributed by atoms with van der Waals surface area (Å²) in [5, 5.41) is 11.4. The van der Waals surface area contributed by atoms with Crippen LogP contribution < -0.4 is 5.32 Å². The lowest BCUT2D eigenvalue weighted by Crippen LogP contribution is -2.46. The van der Waals surface area contributed by atoms with Gasteiger partial charge in [-0.1, -0.05) is 6.08 Å². The average molecular weight is 227 g/mol. The lowest BCUT2D eigenvalue weighted by atomic mass is 10.2. The summed E-state index contributed by atoms with van der Waals surface area (Å²) in [6.45, 7) is 8.69. The average Bonchev–Trinajstić information content (AvgIpc) is 2.76. The van der Waals surface area contributed by atoms with Crippen LogP contribution >= 0.6 is 0 Å². The zero-order chi connectivity index (χ0) is 12.6. The zero-order valence-electron chi connectivity index (χ0n) is 9.74. The number of carboxylic acids is 1. The van der Waals surface area contributed by atoms with Gasteiger partial charge in [-0.3, -0.25) is 0 Å². The van der Waals surface area contributed by atoms with Crippen molar-refractivity contribution in [2.75, 3.05) is 0 Å². The van der Waals surface area contributed by atoms with E-state index in [1.54, 1.807) is 20.8 Å². The molecule has 0 aromatic rings. The van der Waals surface area contributed by atoms with E-state index < -0.39 is 23.2 Å². The van der Waals surface area contributed by atoms with Crippen LogP contribution in [0.3, 0.4) is 0 Å². The monoisotopic (exact) mass is 227 g/mol. The Morgan fingerprint density at radius 2 is 2.12 bits per heavy atom. The zero-order valence-corrected chi connectivity index (χ0v) is 9.74. The second kappa shape index (κ2) is 3.81. The molecular formula is C11H17NO4. The smallest absolute Gasteiger partial charge is 0.408 e. The molecule has 0 aromatic carbocycles. The van der Waals surface area contributed by atoms with Crippen LogP contribution in [0.5, 0.6) is 0 Å². The van der Waals surface area contributed by atoms with Gasteiger partial charge in [0, 0.05) is 5.92 Å². The number of nitrogens with one attached hydrogen (secondary N) is 1. The first-order chi connectivity index (χ1) is 7.21. The predicted octanol–water partition coefficient (Wildman–Crippen LogP) is 1.54. The Morgan fingerprint density at radius 1 is 1.56 bits per heavy atom. The number of alkyl carbamates (subject to hydrolysis) is 1. The SMILES string of the molecule is C=CC1C[C@@]1(NC(=O)OC(C)(C)C)C(=O)O. The Morgan fingerprint density at radius 3 is 2.44 bits per heavy atom. The van der Waals surface area contributed by atoms with Crippen molar-refractivity contribution in [3.8, 4) is 0 Å². The molecule has 1 aliphatic rings. The van der Waals surface area contributed by atoms with Crippen molar-refractivity contribution in [1.82, 2.24) is 5.32 Å². The Labute approximate surface area is 94.5 Å². The Hall–Kier alpha value is -1.52. The number of hydrogen-bond acceptors (Lipinski definition) is 3. The van der Waals surface area contributed by atoms with Crippen molar-refractivity contribution in [3.63, 3.8) is 0 Å². The van der Waals surface area contributed by atoms with Crippen LogP contribution in [0.4, 0.5) is 4.79 Å². The molecule has 5 heteroatoms. The summed E-state index contributed by atoms with van der Waals surface area (Å²) in [4.78, 5) is 22.5. The molecule has 1 saturated carbocycles. The maximum absolute atomic E-state index is 11.4. The van der Waals surface area contributed by atoms with Crippen molar-refractivity contribution >= 4 is 12.1 Å². The Balaban J connectivity index is 2.63. The minimum absolute atomic E-state index is 0.225. The summed E-state index contributed by atoms with van der Waals surface area (Å²) in [6.07, 6.45) is 1.19. The first-order valence-electron chi connectivity index (χ1n) is 5.08. The van der Waals surface area contributed by atoms with Gasteiger partial charge in [-0.15, -0.1) is 6.58 Å². The predicted molar refractivity (Wildman–Crippen MR) is 58.0 cm³/mol. The van der Waals surface area contributed by atoms with Gasteiger partial charge >= 0.3 is 12.1 Å². The van der Waals surface area contributed by atoms with Gasteiger partial charge in [-0.2, -0.15) is 0 Å². The van der Waals surface area contributed by atoms with Gasteiger partial charge in [0.05, 0.1) is 0 Å². The highest BCUT2D eigenvalue weighted by molar-refractivity contribution is 5.88. The van der Waals surface area contributed by atoms with E-state index in [1.807, 2.05) is 0 Å². The minimum Gasteiger partial charge on any atom is -0.479 e. The number of amides is 1. The lowest BCUT2D eigenvalue weighted by Gasteiger charge is -2.22. The molecule has 1 fully saturated rings. The molecule has 1 unspecified atom stereocenters. The number of aliphatic carboxylic acids is 1. The van der Waals surface area contributed by atoms with Crippen molar-refractivity contribution < 1.29 is 19.4 Å². The van der Waals surface area contributed by atoms with Crippen LogP contribution in [-0.4, -0.2) is 28.3 Å². The highest BCUT2D eigenvalue weighted by Gasteiger charge is 2.60. The maximum atomic E-state index is 11.4. The van der Waals surface area contributed by atoms with Crippen LogP contribution in [0.2, 0.25) is 0 Å². The largest absolute Gasteiger partial charge is 0.479 e. The number of carbonyl (C=O) groups excluding carboxylic acids is 1. The molecule has 0 heterocycles. The van der Waals surface area contributed by atoms with Gasteiger partial charge in [-0.05, 0) is 27.2 Å². The molecule has 90 valence electrons. The van der Waals surface area contributed by atoms with E-state index in [4.69, 9.17) is 9.84 Å². The summed E-state index contributed by atoms with van der Waals surface area (Å²) in [6, 6.07) is 0. The van der Waals surface area contributed by atoms with Crippen LogP contribution in [-0.2, 0) is 9.53 Å². The summed E-state index contributed by atoms with van der Waals surface area (Å²) >= 11 is 0. The molecular weight excluding hydrogens is 210 g/mol. The highest BCUT2D eigenvalue weighted by atomic mass is 16.6. The first kappa shape index (κ1) is 12.5. The summed E-state index contributed by atoms with van der Waals surface area (Å²) in [5.74, 6) is -1.28. The second-order valence-corrected chi connectivity index (χ2v) is 4.95. The Bertz CT molecular complexity index is 331. The van der Waals surface area contributed by atoms with Gasteiger partial charge in [-0.25, -0.2) is 9.59 Å². The molecule has 0 bridgehead atoms. The van der Waals surface area contributed by atoms with E-state index in [1.165, 1.54) is 6.08 Å². The fourth-order valence-corrected chi connectivity index (χ4v) is 1.50. The third kappa shape index (κ3) is 2.53. The van der Waals surface area contributed by atoms with Crippen LogP contribution in [0.15, 0.2) is 12.7 Å². The van der Waals surface area contributed by atoms with E-state index in [-0.39, 0.29) is 5.92 Å². The number of ether oxygens (including phenoxy) is 1. The van der Waals surface area contributed by atoms with E-state index in [2.05, 4.69) is 11.9 Å². The van der Waals surface area contributed by atoms with Gasteiger partial charge in [0.15, 0.2) is 0 Å². The number of carboxylic acid groups (broad SMARTS) is 1. The maximum Gasteiger partial charge on any atom is 0.408 e. The van der Waals surface area contributed by atoms with Gasteiger partial charge in [0.1, 0.15) is 11.1 Å².